The molecule has 1 amide bonds. The number of carbonyl (C=O) groups is 1. The fourth-order valence-corrected chi connectivity index (χ4v) is 1.88. The highest BCUT2D eigenvalue weighted by atomic mass is 19.1. The Kier molecular flexibility index (Phi) is 5.28. The highest BCUT2D eigenvalue weighted by Crippen LogP contribution is 2.15. The van der Waals surface area contributed by atoms with Crippen molar-refractivity contribution in [3.8, 4) is 0 Å². The van der Waals surface area contributed by atoms with Crippen molar-refractivity contribution in [2.24, 2.45) is 5.73 Å². The fraction of sp³-hybridized carbons (Fsp3) is 0.500. The van der Waals surface area contributed by atoms with E-state index in [-0.39, 0.29) is 17.8 Å². The normalized spacial score (nSPS) is 10.8. The van der Waals surface area contributed by atoms with Crippen LogP contribution in [0.4, 0.5) is 4.39 Å². The summed E-state index contributed by atoms with van der Waals surface area (Å²) < 4.78 is 13.0. The van der Waals surface area contributed by atoms with Gasteiger partial charge in [0.05, 0.1) is 0 Å². The van der Waals surface area contributed by atoms with Gasteiger partial charge in [-0.3, -0.25) is 4.79 Å². The fourth-order valence-electron chi connectivity index (χ4n) is 1.88. The minimum Gasteiger partial charge on any atom is -0.336 e. The van der Waals surface area contributed by atoms with Gasteiger partial charge in [0.25, 0.3) is 5.91 Å². The van der Waals surface area contributed by atoms with Crippen LogP contribution in [-0.2, 0) is 0 Å². The van der Waals surface area contributed by atoms with Gasteiger partial charge in [-0.25, -0.2) is 4.39 Å². The van der Waals surface area contributed by atoms with Crippen molar-refractivity contribution in [3.63, 3.8) is 0 Å². The highest BCUT2D eigenvalue weighted by molar-refractivity contribution is 5.95. The van der Waals surface area contributed by atoms with Gasteiger partial charge in [0.2, 0.25) is 0 Å². The summed E-state index contributed by atoms with van der Waals surface area (Å²) in [5.41, 5.74) is 6.70. The third kappa shape index (κ3) is 3.53. The van der Waals surface area contributed by atoms with Crippen LogP contribution in [0, 0.1) is 12.7 Å². The molecule has 0 saturated carbocycles. The summed E-state index contributed by atoms with van der Waals surface area (Å²) in [5.74, 6) is -0.377. The van der Waals surface area contributed by atoms with Gasteiger partial charge < -0.3 is 10.6 Å². The van der Waals surface area contributed by atoms with E-state index in [0.717, 1.165) is 6.42 Å². The van der Waals surface area contributed by atoms with Crippen molar-refractivity contribution in [2.75, 3.05) is 13.1 Å². The summed E-state index contributed by atoms with van der Waals surface area (Å²) in [4.78, 5) is 14.2. The predicted octanol–water partition coefficient (Wildman–Crippen LogP) is 2.33. The molecule has 0 spiro atoms. The summed E-state index contributed by atoms with van der Waals surface area (Å²) >= 11 is 0. The topological polar surface area (TPSA) is 46.3 Å². The molecule has 0 heterocycles. The van der Waals surface area contributed by atoms with Crippen LogP contribution in [0.2, 0.25) is 0 Å². The van der Waals surface area contributed by atoms with Gasteiger partial charge in [-0.05, 0) is 57.5 Å². The molecule has 1 aromatic rings. The first kappa shape index (κ1) is 14.6. The number of nitrogens with two attached hydrogens (primary N) is 1. The van der Waals surface area contributed by atoms with Gasteiger partial charge in [0.15, 0.2) is 0 Å². The number of benzene rings is 1. The Labute approximate surface area is 108 Å². The zero-order valence-corrected chi connectivity index (χ0v) is 11.2. The molecule has 0 atom stereocenters. The SMILES string of the molecule is Cc1cc(F)ccc1C(=O)N(CCCN)C(C)C. The number of hydrogen-bond donors (Lipinski definition) is 1. The molecule has 0 fully saturated rings. The maximum absolute atomic E-state index is 13.0. The second kappa shape index (κ2) is 6.50. The molecular formula is C14H21FN2O. The maximum Gasteiger partial charge on any atom is 0.254 e. The van der Waals surface area contributed by atoms with E-state index in [4.69, 9.17) is 5.73 Å². The number of aryl methyl sites for hydroxylation is 1. The molecule has 2 N–H and O–H groups in total. The first-order valence-electron chi connectivity index (χ1n) is 6.24. The Bertz CT molecular complexity index is 418. The van der Waals surface area contributed by atoms with E-state index in [0.29, 0.717) is 24.2 Å². The molecule has 4 heteroatoms. The molecule has 0 unspecified atom stereocenters. The first-order chi connectivity index (χ1) is 8.47. The standard InChI is InChI=1S/C14H21FN2O/c1-10(2)17(8-4-7-16)14(18)13-6-5-12(15)9-11(13)3/h5-6,9-10H,4,7-8,16H2,1-3H3. The molecule has 0 saturated heterocycles. The van der Waals surface area contributed by atoms with Crippen molar-refractivity contribution in [2.45, 2.75) is 33.2 Å². The van der Waals surface area contributed by atoms with Crippen LogP contribution in [0.25, 0.3) is 0 Å². The minimum absolute atomic E-state index is 0.0593. The van der Waals surface area contributed by atoms with E-state index in [1.165, 1.54) is 12.1 Å². The molecule has 3 nitrogen and oxygen atoms in total. The molecule has 18 heavy (non-hydrogen) atoms. The highest BCUT2D eigenvalue weighted by Gasteiger charge is 2.19. The molecular weight excluding hydrogens is 231 g/mol. The van der Waals surface area contributed by atoms with Crippen molar-refractivity contribution in [3.05, 3.63) is 35.1 Å². The second-order valence-electron chi connectivity index (χ2n) is 4.69. The lowest BCUT2D eigenvalue weighted by molar-refractivity contribution is 0.0704. The van der Waals surface area contributed by atoms with Gasteiger partial charge >= 0.3 is 0 Å². The number of nitrogens with zero attached hydrogens (tertiary/aromatic N) is 1. The number of hydrogen-bond acceptors (Lipinski definition) is 2. The van der Waals surface area contributed by atoms with Crippen molar-refractivity contribution < 1.29 is 9.18 Å². The third-order valence-corrected chi connectivity index (χ3v) is 2.91. The van der Waals surface area contributed by atoms with Gasteiger partial charge in [0, 0.05) is 18.2 Å². The van der Waals surface area contributed by atoms with Crippen molar-refractivity contribution in [1.29, 1.82) is 0 Å². The van der Waals surface area contributed by atoms with E-state index >= 15 is 0 Å². The summed E-state index contributed by atoms with van der Waals surface area (Å²) in [6, 6.07) is 4.36. The summed E-state index contributed by atoms with van der Waals surface area (Å²) in [5, 5.41) is 0. The van der Waals surface area contributed by atoms with Crippen LogP contribution < -0.4 is 5.73 Å². The number of carbonyl (C=O) groups excluding carboxylic acids is 1. The summed E-state index contributed by atoms with van der Waals surface area (Å²) in [6.07, 6.45) is 0.768. The molecule has 0 bridgehead atoms. The Morgan fingerprint density at radius 1 is 1.44 bits per heavy atom. The Morgan fingerprint density at radius 3 is 2.61 bits per heavy atom. The largest absolute Gasteiger partial charge is 0.336 e. The molecule has 0 aliphatic heterocycles. The maximum atomic E-state index is 13.0. The minimum atomic E-state index is -0.317. The van der Waals surface area contributed by atoms with E-state index < -0.39 is 0 Å². The third-order valence-electron chi connectivity index (χ3n) is 2.91. The van der Waals surface area contributed by atoms with E-state index in [1.54, 1.807) is 17.9 Å². The van der Waals surface area contributed by atoms with Gasteiger partial charge in [-0.15, -0.1) is 0 Å². The summed E-state index contributed by atoms with van der Waals surface area (Å²) in [7, 11) is 0. The zero-order valence-electron chi connectivity index (χ0n) is 11.2. The Balaban J connectivity index is 2.94. The van der Waals surface area contributed by atoms with E-state index in [2.05, 4.69) is 0 Å². The molecule has 1 aromatic carbocycles. The molecule has 0 aliphatic rings. The lowest BCUT2D eigenvalue weighted by Crippen LogP contribution is -2.38. The molecule has 0 aliphatic carbocycles. The summed E-state index contributed by atoms with van der Waals surface area (Å²) in [6.45, 7) is 6.86. The molecule has 100 valence electrons. The smallest absolute Gasteiger partial charge is 0.254 e. The van der Waals surface area contributed by atoms with Crippen LogP contribution >= 0.6 is 0 Å². The quantitative estimate of drug-likeness (QED) is 0.874. The van der Waals surface area contributed by atoms with Crippen LogP contribution in [-0.4, -0.2) is 29.9 Å². The lowest BCUT2D eigenvalue weighted by atomic mass is 10.1. The van der Waals surface area contributed by atoms with Crippen LogP contribution in [0.15, 0.2) is 18.2 Å². The van der Waals surface area contributed by atoms with Crippen LogP contribution in [0.1, 0.15) is 36.2 Å². The lowest BCUT2D eigenvalue weighted by Gasteiger charge is -2.27. The molecule has 1 rings (SSSR count). The average Bonchev–Trinajstić information content (AvgIpc) is 2.28. The zero-order chi connectivity index (χ0) is 13.7. The van der Waals surface area contributed by atoms with Crippen LogP contribution in [0.3, 0.4) is 0 Å². The van der Waals surface area contributed by atoms with E-state index in [1.807, 2.05) is 13.8 Å². The molecule has 0 radical (unpaired) electrons. The van der Waals surface area contributed by atoms with Crippen molar-refractivity contribution in [1.82, 2.24) is 4.90 Å². The Hall–Kier alpha value is -1.42. The Morgan fingerprint density at radius 2 is 2.11 bits per heavy atom. The van der Waals surface area contributed by atoms with Gasteiger partial charge in [0.1, 0.15) is 5.82 Å². The average molecular weight is 252 g/mol. The number of rotatable bonds is 5. The monoisotopic (exact) mass is 252 g/mol. The van der Waals surface area contributed by atoms with Gasteiger partial charge in [-0.2, -0.15) is 0 Å². The van der Waals surface area contributed by atoms with Gasteiger partial charge in [-0.1, -0.05) is 0 Å². The van der Waals surface area contributed by atoms with E-state index in [9.17, 15) is 9.18 Å². The number of amides is 1. The number of halogens is 1. The second-order valence-corrected chi connectivity index (χ2v) is 4.69. The first-order valence-corrected chi connectivity index (χ1v) is 6.24. The molecule has 0 aromatic heterocycles. The van der Waals surface area contributed by atoms with Crippen molar-refractivity contribution >= 4 is 5.91 Å². The predicted molar refractivity (Wildman–Crippen MR) is 71.0 cm³/mol. The van der Waals surface area contributed by atoms with Crippen LogP contribution in [0.5, 0.6) is 0 Å².